The Kier molecular flexibility index (Phi) is 6.77. The first-order valence-corrected chi connectivity index (χ1v) is 14.0. The molecule has 2 aliphatic rings. The lowest BCUT2D eigenvalue weighted by Crippen LogP contribution is -2.36. The van der Waals surface area contributed by atoms with Crippen LogP contribution in [0.25, 0.3) is 16.2 Å². The molecule has 2 N–H and O–H groups in total. The predicted octanol–water partition coefficient (Wildman–Crippen LogP) is 4.02. The van der Waals surface area contributed by atoms with E-state index in [0.29, 0.717) is 0 Å². The van der Waals surface area contributed by atoms with Crippen LogP contribution in [0.1, 0.15) is 23.6 Å². The lowest BCUT2D eigenvalue weighted by molar-refractivity contribution is -0.115. The standard InChI is InChI=1S/C26H28N6O2S2/c1-17-23(36-25(28-17)18-5-4-8-27-13-18)24(33)29-21-7-3-2-6-20(21)22-15-32-19(16-35-26(32)30-22)14-31-9-11-34-12-10-31/h2-8,13,15-17,23,25,28H,9-12,14H2,1H3,(H,29,33). The fourth-order valence-electron chi connectivity index (χ4n) is 4.71. The van der Waals surface area contributed by atoms with Crippen LogP contribution in [0.2, 0.25) is 0 Å². The topological polar surface area (TPSA) is 83.8 Å². The highest BCUT2D eigenvalue weighted by Gasteiger charge is 2.37. The first-order chi connectivity index (χ1) is 17.7. The first-order valence-electron chi connectivity index (χ1n) is 12.1. The van der Waals surface area contributed by atoms with Crippen molar-refractivity contribution in [3.63, 3.8) is 0 Å². The van der Waals surface area contributed by atoms with E-state index in [2.05, 4.69) is 43.4 Å². The summed E-state index contributed by atoms with van der Waals surface area (Å²) < 4.78 is 7.66. The Morgan fingerprint density at radius 2 is 2.08 bits per heavy atom. The third-order valence-electron chi connectivity index (χ3n) is 6.63. The van der Waals surface area contributed by atoms with Gasteiger partial charge in [0, 0.05) is 60.9 Å². The van der Waals surface area contributed by atoms with Gasteiger partial charge in [0.1, 0.15) is 5.25 Å². The summed E-state index contributed by atoms with van der Waals surface area (Å²) in [6.07, 6.45) is 5.70. The molecule has 186 valence electrons. The number of nitrogens with zero attached hydrogens (tertiary/aromatic N) is 4. The van der Waals surface area contributed by atoms with E-state index < -0.39 is 0 Å². The number of pyridine rings is 1. The minimum absolute atomic E-state index is 0.00660. The van der Waals surface area contributed by atoms with Gasteiger partial charge in [-0.3, -0.25) is 24.4 Å². The number of ether oxygens (including phenoxy) is 1. The van der Waals surface area contributed by atoms with Crippen LogP contribution in [-0.4, -0.2) is 62.8 Å². The molecule has 0 bridgehead atoms. The van der Waals surface area contributed by atoms with E-state index in [9.17, 15) is 4.79 Å². The van der Waals surface area contributed by atoms with Gasteiger partial charge < -0.3 is 10.1 Å². The number of fused-ring (bicyclic) bond motifs is 1. The maximum absolute atomic E-state index is 13.4. The van der Waals surface area contributed by atoms with Crippen LogP contribution in [-0.2, 0) is 16.1 Å². The van der Waals surface area contributed by atoms with Crippen molar-refractivity contribution in [1.29, 1.82) is 0 Å². The Balaban J connectivity index is 1.20. The molecule has 3 aromatic heterocycles. The molecular formula is C26H28N6O2S2. The van der Waals surface area contributed by atoms with E-state index in [0.717, 1.165) is 60.3 Å². The largest absolute Gasteiger partial charge is 0.379 e. The number of hydrogen-bond donors (Lipinski definition) is 2. The van der Waals surface area contributed by atoms with Gasteiger partial charge >= 0.3 is 0 Å². The van der Waals surface area contributed by atoms with Gasteiger partial charge in [0.05, 0.1) is 30.0 Å². The fraction of sp³-hybridized carbons (Fsp3) is 0.346. The van der Waals surface area contributed by atoms with Gasteiger partial charge in [0.15, 0.2) is 4.96 Å². The summed E-state index contributed by atoms with van der Waals surface area (Å²) in [6, 6.07) is 11.9. The minimum atomic E-state index is -0.214. The van der Waals surface area contributed by atoms with Crippen LogP contribution in [0.15, 0.2) is 60.4 Å². The van der Waals surface area contributed by atoms with Gasteiger partial charge in [-0.25, -0.2) is 4.98 Å². The second kappa shape index (κ2) is 10.3. The zero-order valence-corrected chi connectivity index (χ0v) is 21.6. The molecule has 8 nitrogen and oxygen atoms in total. The quantitative estimate of drug-likeness (QED) is 0.397. The number of thiazole rings is 1. The SMILES string of the molecule is CC1NC(c2cccnc2)SC1C(=O)Nc1ccccc1-c1cn2c(CN3CCOCC3)csc2n1. The molecule has 1 aromatic carbocycles. The van der Waals surface area contributed by atoms with Crippen LogP contribution < -0.4 is 10.6 Å². The number of anilines is 1. The van der Waals surface area contributed by atoms with E-state index in [1.165, 1.54) is 5.69 Å². The molecule has 0 radical (unpaired) electrons. The third kappa shape index (κ3) is 4.79. The number of amides is 1. The lowest BCUT2D eigenvalue weighted by Gasteiger charge is -2.26. The van der Waals surface area contributed by atoms with Crippen LogP contribution >= 0.6 is 23.1 Å². The van der Waals surface area contributed by atoms with Crippen LogP contribution in [0.5, 0.6) is 0 Å². The van der Waals surface area contributed by atoms with E-state index >= 15 is 0 Å². The normalized spacial score (nSPS) is 22.8. The van der Waals surface area contributed by atoms with Crippen molar-refractivity contribution in [2.24, 2.45) is 0 Å². The second-order valence-corrected chi connectivity index (χ2v) is 11.2. The van der Waals surface area contributed by atoms with Crippen LogP contribution in [0.4, 0.5) is 5.69 Å². The molecule has 2 aliphatic heterocycles. The summed E-state index contributed by atoms with van der Waals surface area (Å²) in [5.74, 6) is -0.00660. The third-order valence-corrected chi connectivity index (χ3v) is 9.11. The number of aromatic nitrogens is 3. The molecule has 0 aliphatic carbocycles. The van der Waals surface area contributed by atoms with Crippen LogP contribution in [0, 0.1) is 0 Å². The highest BCUT2D eigenvalue weighted by atomic mass is 32.2. The lowest BCUT2D eigenvalue weighted by atomic mass is 10.1. The summed E-state index contributed by atoms with van der Waals surface area (Å²) in [6.45, 7) is 6.39. The predicted molar refractivity (Wildman–Crippen MR) is 144 cm³/mol. The molecule has 0 spiro atoms. The number of nitrogens with one attached hydrogen (secondary N) is 2. The molecule has 10 heteroatoms. The maximum atomic E-state index is 13.4. The van der Waals surface area contributed by atoms with E-state index in [1.807, 2.05) is 42.6 Å². The molecule has 3 unspecified atom stereocenters. The van der Waals surface area contributed by atoms with Gasteiger partial charge in [-0.1, -0.05) is 24.3 Å². The smallest absolute Gasteiger partial charge is 0.239 e. The molecule has 4 aromatic rings. The molecule has 6 rings (SSSR count). The van der Waals surface area contributed by atoms with Gasteiger partial charge in [-0.15, -0.1) is 23.1 Å². The number of imidazole rings is 1. The number of para-hydroxylation sites is 1. The minimum Gasteiger partial charge on any atom is -0.379 e. The molecule has 2 saturated heterocycles. The Labute approximate surface area is 218 Å². The summed E-state index contributed by atoms with van der Waals surface area (Å²) in [7, 11) is 0. The number of benzene rings is 1. The zero-order chi connectivity index (χ0) is 24.5. The molecule has 5 heterocycles. The number of morpholine rings is 1. The van der Waals surface area contributed by atoms with Crippen molar-refractivity contribution in [2.75, 3.05) is 31.6 Å². The number of thioether (sulfide) groups is 1. The van der Waals surface area contributed by atoms with E-state index in [-0.39, 0.29) is 22.6 Å². The van der Waals surface area contributed by atoms with E-state index in [1.54, 1.807) is 29.3 Å². The van der Waals surface area contributed by atoms with Crippen molar-refractivity contribution < 1.29 is 9.53 Å². The highest BCUT2D eigenvalue weighted by molar-refractivity contribution is 8.01. The Hall–Kier alpha value is -2.76. The van der Waals surface area contributed by atoms with Crippen molar-refractivity contribution in [2.45, 2.75) is 30.1 Å². The average molecular weight is 521 g/mol. The summed E-state index contributed by atoms with van der Waals surface area (Å²) in [5.41, 5.74) is 4.86. The van der Waals surface area contributed by atoms with Gasteiger partial charge in [0.2, 0.25) is 5.91 Å². The number of rotatable bonds is 6. The van der Waals surface area contributed by atoms with Gasteiger partial charge in [-0.05, 0) is 24.6 Å². The van der Waals surface area contributed by atoms with Crippen LogP contribution in [0.3, 0.4) is 0 Å². The molecule has 2 fully saturated rings. The summed E-state index contributed by atoms with van der Waals surface area (Å²) in [4.78, 5) is 25.8. The molecule has 0 saturated carbocycles. The van der Waals surface area contributed by atoms with Crippen molar-refractivity contribution in [3.05, 3.63) is 71.6 Å². The number of carbonyl (C=O) groups is 1. The highest BCUT2D eigenvalue weighted by Crippen LogP contribution is 2.39. The Morgan fingerprint density at radius 1 is 1.22 bits per heavy atom. The molecule has 1 amide bonds. The molecule has 36 heavy (non-hydrogen) atoms. The van der Waals surface area contributed by atoms with Gasteiger partial charge in [0.25, 0.3) is 0 Å². The monoisotopic (exact) mass is 520 g/mol. The maximum Gasteiger partial charge on any atom is 0.239 e. The van der Waals surface area contributed by atoms with Gasteiger partial charge in [-0.2, -0.15) is 0 Å². The summed E-state index contributed by atoms with van der Waals surface area (Å²) >= 11 is 3.28. The molecular weight excluding hydrogens is 492 g/mol. The Morgan fingerprint density at radius 3 is 2.92 bits per heavy atom. The number of hydrogen-bond acceptors (Lipinski definition) is 8. The van der Waals surface area contributed by atoms with Crippen molar-refractivity contribution in [3.8, 4) is 11.3 Å². The Bertz CT molecular complexity index is 1350. The first kappa shape index (κ1) is 23.6. The zero-order valence-electron chi connectivity index (χ0n) is 20.0. The number of carbonyl (C=O) groups excluding carboxylic acids is 1. The van der Waals surface area contributed by atoms with E-state index in [4.69, 9.17) is 9.72 Å². The fourth-order valence-corrected chi connectivity index (χ4v) is 6.95. The molecule has 3 atom stereocenters. The summed E-state index contributed by atoms with van der Waals surface area (Å²) in [5, 5.41) is 8.72. The van der Waals surface area contributed by atoms with Crippen molar-refractivity contribution >= 4 is 39.7 Å². The average Bonchev–Trinajstić information content (AvgIpc) is 3.61. The second-order valence-electron chi connectivity index (χ2n) is 9.11. The van der Waals surface area contributed by atoms with Crippen molar-refractivity contribution in [1.82, 2.24) is 24.6 Å².